The first-order valence-electron chi connectivity index (χ1n) is 7.85. The average molecular weight is 347 g/mol. The maximum atomic E-state index is 12.3. The third-order valence-electron chi connectivity index (χ3n) is 4.60. The van der Waals surface area contributed by atoms with Crippen LogP contribution in [-0.2, 0) is 25.7 Å². The van der Waals surface area contributed by atoms with Crippen molar-refractivity contribution in [2.45, 2.75) is 27.4 Å². The molecule has 1 aromatic rings. The Morgan fingerprint density at radius 1 is 1.36 bits per heavy atom. The summed E-state index contributed by atoms with van der Waals surface area (Å²) < 4.78 is 9.98. The van der Waals surface area contributed by atoms with Gasteiger partial charge < -0.3 is 9.47 Å². The molecule has 1 fully saturated rings. The summed E-state index contributed by atoms with van der Waals surface area (Å²) in [5.41, 5.74) is 0.651. The first-order valence-corrected chi connectivity index (χ1v) is 7.85. The topological polar surface area (TPSA) is 95.7 Å². The molecule has 134 valence electrons. The molecular formula is C18H21NO6. The first-order chi connectivity index (χ1) is 11.7. The number of nitro benzene ring substituents is 1. The average Bonchev–Trinajstić information content (AvgIpc) is 3.12. The maximum Gasteiger partial charge on any atom is 0.333 e. The number of methoxy groups -OCH3 is 1. The Morgan fingerprint density at radius 3 is 2.64 bits per heavy atom. The maximum absolute atomic E-state index is 12.3. The lowest BCUT2D eigenvalue weighted by Crippen LogP contribution is -2.10. The van der Waals surface area contributed by atoms with Crippen molar-refractivity contribution in [3.05, 3.63) is 51.6 Å². The van der Waals surface area contributed by atoms with Crippen LogP contribution in [-0.4, -0.2) is 24.0 Å². The van der Waals surface area contributed by atoms with Crippen molar-refractivity contribution in [3.8, 4) is 0 Å². The molecule has 7 nitrogen and oxygen atoms in total. The van der Waals surface area contributed by atoms with Crippen LogP contribution in [0.1, 0.15) is 26.3 Å². The summed E-state index contributed by atoms with van der Waals surface area (Å²) in [7, 11) is 1.31. The molecule has 2 atom stereocenters. The fraction of sp³-hybridized carbons (Fsp3) is 0.444. The van der Waals surface area contributed by atoms with E-state index in [9.17, 15) is 19.7 Å². The van der Waals surface area contributed by atoms with Gasteiger partial charge in [0.1, 0.15) is 6.61 Å². The summed E-state index contributed by atoms with van der Waals surface area (Å²) in [5, 5.41) is 10.8. The number of nitrogens with zero attached hydrogens (tertiary/aromatic N) is 1. The fourth-order valence-electron chi connectivity index (χ4n) is 2.94. The van der Waals surface area contributed by atoms with Crippen molar-refractivity contribution in [1.82, 2.24) is 0 Å². The predicted octanol–water partition coefficient (Wildman–Crippen LogP) is 3.03. The zero-order valence-electron chi connectivity index (χ0n) is 14.6. The van der Waals surface area contributed by atoms with Gasteiger partial charge in [0.25, 0.3) is 5.69 Å². The van der Waals surface area contributed by atoms with Gasteiger partial charge in [-0.15, -0.1) is 0 Å². The summed E-state index contributed by atoms with van der Waals surface area (Å²) >= 11 is 0. The number of non-ortho nitro benzene ring substituents is 1. The van der Waals surface area contributed by atoms with Gasteiger partial charge in [0.15, 0.2) is 0 Å². The quantitative estimate of drug-likeness (QED) is 0.340. The standard InChI is InChI=1S/C18H21NO6/c1-11(16(20)24-4)8-14-15(18(14,2)3)17(21)25-10-12-6-5-7-13(9-12)19(22)23/h5-9,14-15H,10H2,1-4H3/b11-8+/t14-,15-/m0/s1. The van der Waals surface area contributed by atoms with Crippen LogP contribution >= 0.6 is 0 Å². The summed E-state index contributed by atoms with van der Waals surface area (Å²) in [4.78, 5) is 34.1. The van der Waals surface area contributed by atoms with Gasteiger partial charge in [0.05, 0.1) is 18.0 Å². The minimum absolute atomic E-state index is 0.0283. The van der Waals surface area contributed by atoms with E-state index in [4.69, 9.17) is 4.74 Å². The molecule has 0 heterocycles. The molecular weight excluding hydrogens is 326 g/mol. The highest BCUT2D eigenvalue weighted by atomic mass is 16.6. The minimum atomic E-state index is -0.494. The monoisotopic (exact) mass is 347 g/mol. The van der Waals surface area contributed by atoms with Crippen LogP contribution < -0.4 is 0 Å². The second-order valence-corrected chi connectivity index (χ2v) is 6.70. The van der Waals surface area contributed by atoms with Gasteiger partial charge in [-0.05, 0) is 23.8 Å². The number of carbonyl (C=O) groups excluding carboxylic acids is 2. The summed E-state index contributed by atoms with van der Waals surface area (Å²) in [6.07, 6.45) is 1.74. The Hall–Kier alpha value is -2.70. The van der Waals surface area contributed by atoms with E-state index in [1.54, 1.807) is 25.1 Å². The van der Waals surface area contributed by atoms with Crippen LogP contribution in [0.2, 0.25) is 0 Å². The highest BCUT2D eigenvalue weighted by Crippen LogP contribution is 2.59. The number of hydrogen-bond acceptors (Lipinski definition) is 6. The van der Waals surface area contributed by atoms with Crippen molar-refractivity contribution in [2.24, 2.45) is 17.3 Å². The third-order valence-corrected chi connectivity index (χ3v) is 4.60. The van der Waals surface area contributed by atoms with Crippen LogP contribution in [0, 0.1) is 27.4 Å². The molecule has 2 rings (SSSR count). The van der Waals surface area contributed by atoms with E-state index >= 15 is 0 Å². The number of carbonyl (C=O) groups is 2. The third kappa shape index (κ3) is 4.04. The van der Waals surface area contributed by atoms with Crippen LogP contribution in [0.4, 0.5) is 5.69 Å². The first kappa shape index (κ1) is 18.6. The van der Waals surface area contributed by atoms with E-state index in [0.717, 1.165) is 0 Å². The van der Waals surface area contributed by atoms with Crippen LogP contribution in [0.3, 0.4) is 0 Å². The second kappa shape index (κ2) is 7.04. The SMILES string of the molecule is COC(=O)/C(C)=C/[C@H]1[C@@H](C(=O)OCc2cccc([N+](=O)[O-])c2)C1(C)C. The fourth-order valence-corrected chi connectivity index (χ4v) is 2.94. The molecule has 0 spiro atoms. The molecule has 1 aliphatic rings. The normalized spacial score (nSPS) is 21.4. The van der Waals surface area contributed by atoms with Crippen LogP contribution in [0.15, 0.2) is 35.9 Å². The Balaban J connectivity index is 2.00. The van der Waals surface area contributed by atoms with Gasteiger partial charge in [0.2, 0.25) is 0 Å². The Kier molecular flexibility index (Phi) is 5.25. The van der Waals surface area contributed by atoms with Crippen molar-refractivity contribution in [3.63, 3.8) is 0 Å². The number of rotatable bonds is 6. The molecule has 1 saturated carbocycles. The van der Waals surface area contributed by atoms with Gasteiger partial charge in [-0.25, -0.2) is 4.79 Å². The Morgan fingerprint density at radius 2 is 2.04 bits per heavy atom. The van der Waals surface area contributed by atoms with E-state index in [1.807, 2.05) is 13.8 Å². The van der Waals surface area contributed by atoms with E-state index < -0.39 is 10.9 Å². The van der Waals surface area contributed by atoms with Crippen LogP contribution in [0.25, 0.3) is 0 Å². The summed E-state index contributed by atoms with van der Waals surface area (Å²) in [6.45, 7) is 5.47. The van der Waals surface area contributed by atoms with Gasteiger partial charge >= 0.3 is 11.9 Å². The highest BCUT2D eigenvalue weighted by molar-refractivity contribution is 5.88. The molecule has 0 amide bonds. The van der Waals surface area contributed by atoms with E-state index in [1.165, 1.54) is 19.2 Å². The molecule has 0 bridgehead atoms. The highest BCUT2D eigenvalue weighted by Gasteiger charge is 2.61. The second-order valence-electron chi connectivity index (χ2n) is 6.70. The summed E-state index contributed by atoms with van der Waals surface area (Å²) in [6, 6.07) is 5.97. The molecule has 7 heteroatoms. The zero-order valence-corrected chi connectivity index (χ0v) is 14.6. The van der Waals surface area contributed by atoms with E-state index in [0.29, 0.717) is 11.1 Å². The largest absolute Gasteiger partial charge is 0.466 e. The van der Waals surface area contributed by atoms with Crippen molar-refractivity contribution >= 4 is 17.6 Å². The molecule has 0 saturated heterocycles. The summed E-state index contributed by atoms with van der Waals surface area (Å²) in [5.74, 6) is -1.27. The molecule has 0 N–H and O–H groups in total. The molecule has 1 aromatic carbocycles. The van der Waals surface area contributed by atoms with Crippen LogP contribution in [0.5, 0.6) is 0 Å². The smallest absolute Gasteiger partial charge is 0.333 e. The molecule has 0 aliphatic heterocycles. The lowest BCUT2D eigenvalue weighted by atomic mass is 10.1. The van der Waals surface area contributed by atoms with E-state index in [2.05, 4.69) is 4.74 Å². The van der Waals surface area contributed by atoms with Crippen molar-refractivity contribution in [2.75, 3.05) is 7.11 Å². The van der Waals surface area contributed by atoms with E-state index in [-0.39, 0.29) is 35.5 Å². The van der Waals surface area contributed by atoms with Gasteiger partial charge in [-0.1, -0.05) is 32.1 Å². The predicted molar refractivity (Wildman–Crippen MR) is 89.4 cm³/mol. The van der Waals surface area contributed by atoms with Gasteiger partial charge in [-0.2, -0.15) is 0 Å². The number of hydrogen-bond donors (Lipinski definition) is 0. The number of allylic oxidation sites excluding steroid dienone is 1. The lowest BCUT2D eigenvalue weighted by Gasteiger charge is -2.05. The number of nitro groups is 1. The van der Waals surface area contributed by atoms with Gasteiger partial charge in [0, 0.05) is 17.7 Å². The van der Waals surface area contributed by atoms with Crippen molar-refractivity contribution < 1.29 is 24.0 Å². The minimum Gasteiger partial charge on any atom is -0.466 e. The molecule has 1 aliphatic carbocycles. The number of ether oxygens (including phenoxy) is 2. The van der Waals surface area contributed by atoms with Gasteiger partial charge in [-0.3, -0.25) is 14.9 Å². The lowest BCUT2D eigenvalue weighted by molar-refractivity contribution is -0.384. The molecule has 0 aromatic heterocycles. The Labute approximate surface area is 145 Å². The Bertz CT molecular complexity index is 737. The molecule has 25 heavy (non-hydrogen) atoms. The molecule has 0 radical (unpaired) electrons. The number of benzene rings is 1. The van der Waals surface area contributed by atoms with Crippen molar-refractivity contribution in [1.29, 1.82) is 0 Å². The molecule has 0 unspecified atom stereocenters. The number of esters is 2. The zero-order chi connectivity index (χ0) is 18.8.